The molecular weight excluding hydrogens is 484 g/mol. The monoisotopic (exact) mass is 514 g/mol. The van der Waals surface area contributed by atoms with Gasteiger partial charge < -0.3 is 30.0 Å². The average Bonchev–Trinajstić information content (AvgIpc) is 2.90. The van der Waals surface area contributed by atoms with Crippen LogP contribution in [0.1, 0.15) is 18.1 Å². The van der Waals surface area contributed by atoms with Gasteiger partial charge in [0.25, 0.3) is 0 Å². The molecule has 3 N–H and O–H groups in total. The second-order valence-corrected chi connectivity index (χ2v) is 8.16. The van der Waals surface area contributed by atoms with Crippen molar-refractivity contribution in [3.05, 3.63) is 71.8 Å². The van der Waals surface area contributed by atoms with Gasteiger partial charge in [-0.2, -0.15) is 0 Å². The number of carbonyl (C=O) groups excluding carboxylic acids is 4. The molecule has 0 unspecified atom stereocenters. The van der Waals surface area contributed by atoms with Crippen molar-refractivity contribution >= 4 is 29.9 Å². The number of hydrogen-bond acceptors (Lipinski definition) is 8. The molecule has 11 heteroatoms. The number of carbonyl (C=O) groups is 5. The van der Waals surface area contributed by atoms with Crippen molar-refractivity contribution in [2.24, 2.45) is 11.8 Å². The predicted molar refractivity (Wildman–Crippen MR) is 130 cm³/mol. The normalized spacial score (nSPS) is 13.0. The van der Waals surface area contributed by atoms with E-state index in [1.807, 2.05) is 6.07 Å². The molecule has 0 aliphatic rings. The van der Waals surface area contributed by atoms with Crippen molar-refractivity contribution < 1.29 is 43.3 Å². The third-order valence-corrected chi connectivity index (χ3v) is 5.63. The molecule has 0 radical (unpaired) electrons. The van der Waals surface area contributed by atoms with Crippen LogP contribution in [0.5, 0.6) is 0 Å². The van der Waals surface area contributed by atoms with Crippen molar-refractivity contribution in [1.82, 2.24) is 10.6 Å². The fraction of sp³-hybridized carbons (Fsp3) is 0.346. The summed E-state index contributed by atoms with van der Waals surface area (Å²) in [5, 5.41) is 14.6. The molecule has 3 atom stereocenters. The van der Waals surface area contributed by atoms with Crippen molar-refractivity contribution in [2.75, 3.05) is 14.2 Å². The van der Waals surface area contributed by atoms with Crippen LogP contribution >= 0.6 is 0 Å². The molecule has 0 saturated carbocycles. The number of ether oxygens (including phenoxy) is 3. The third kappa shape index (κ3) is 8.64. The predicted octanol–water partition coefficient (Wildman–Crippen LogP) is 1.69. The third-order valence-electron chi connectivity index (χ3n) is 5.63. The number of carboxylic acids is 1. The second-order valence-electron chi connectivity index (χ2n) is 8.16. The van der Waals surface area contributed by atoms with Gasteiger partial charge in [-0.25, -0.2) is 9.59 Å². The first kappa shape index (κ1) is 28.8. The molecule has 198 valence electrons. The number of alkyl carbamates (subject to hydrolysis) is 1. The minimum atomic E-state index is -1.68. The van der Waals surface area contributed by atoms with E-state index < -0.39 is 53.8 Å². The van der Waals surface area contributed by atoms with E-state index in [0.717, 1.165) is 19.8 Å². The first-order chi connectivity index (χ1) is 17.7. The molecule has 0 bridgehead atoms. The van der Waals surface area contributed by atoms with Crippen molar-refractivity contribution in [2.45, 2.75) is 32.0 Å². The molecule has 0 fully saturated rings. The molecule has 37 heavy (non-hydrogen) atoms. The van der Waals surface area contributed by atoms with E-state index in [4.69, 9.17) is 4.74 Å². The van der Waals surface area contributed by atoms with Gasteiger partial charge >= 0.3 is 24.0 Å². The molecule has 2 aromatic carbocycles. The van der Waals surface area contributed by atoms with Gasteiger partial charge in [-0.15, -0.1) is 0 Å². The van der Waals surface area contributed by atoms with E-state index in [1.54, 1.807) is 54.6 Å². The number of amides is 2. The van der Waals surface area contributed by atoms with Crippen molar-refractivity contribution in [3.63, 3.8) is 0 Å². The van der Waals surface area contributed by atoms with Crippen LogP contribution in [-0.2, 0) is 46.4 Å². The Labute approximate surface area is 214 Å². The van der Waals surface area contributed by atoms with E-state index in [1.165, 1.54) is 6.92 Å². The fourth-order valence-electron chi connectivity index (χ4n) is 3.61. The highest BCUT2D eigenvalue weighted by Gasteiger charge is 2.42. The Hall–Kier alpha value is -4.41. The summed E-state index contributed by atoms with van der Waals surface area (Å²) in [6.07, 6.45) is -0.868. The standard InChI is InChI=1S/C26H30N2O9/c1-16(20(24(32)35-2)25(33)36-3)21(23(30)31)28-22(29)19(14-17-10-6-4-7-11-17)27-26(34)37-15-18-12-8-5-9-13-18/h4-13,16,19-21H,14-15H2,1-3H3,(H,27,34)(H,28,29)(H,30,31)/t16-,19-,21-/m1/s1. The summed E-state index contributed by atoms with van der Waals surface area (Å²) >= 11 is 0. The van der Waals surface area contributed by atoms with Crippen LogP contribution in [0.25, 0.3) is 0 Å². The van der Waals surface area contributed by atoms with Gasteiger partial charge in [-0.3, -0.25) is 14.4 Å². The number of aliphatic carboxylic acids is 1. The molecule has 2 amide bonds. The molecule has 0 heterocycles. The zero-order chi connectivity index (χ0) is 27.4. The molecule has 0 aliphatic carbocycles. The molecular formula is C26H30N2O9. The minimum Gasteiger partial charge on any atom is -0.480 e. The summed E-state index contributed by atoms with van der Waals surface area (Å²) in [5.74, 6) is -7.22. The van der Waals surface area contributed by atoms with Gasteiger partial charge in [0.1, 0.15) is 18.7 Å². The summed E-state index contributed by atoms with van der Waals surface area (Å²) in [7, 11) is 2.08. The lowest BCUT2D eigenvalue weighted by atomic mass is 9.87. The summed E-state index contributed by atoms with van der Waals surface area (Å²) in [4.78, 5) is 62.1. The summed E-state index contributed by atoms with van der Waals surface area (Å²) in [6, 6.07) is 14.7. The lowest BCUT2D eigenvalue weighted by Gasteiger charge is -2.27. The van der Waals surface area contributed by atoms with Crippen LogP contribution in [0.2, 0.25) is 0 Å². The Morgan fingerprint density at radius 3 is 1.81 bits per heavy atom. The van der Waals surface area contributed by atoms with Crippen LogP contribution in [0.4, 0.5) is 4.79 Å². The van der Waals surface area contributed by atoms with Crippen LogP contribution < -0.4 is 10.6 Å². The van der Waals surface area contributed by atoms with E-state index in [-0.39, 0.29) is 13.0 Å². The molecule has 11 nitrogen and oxygen atoms in total. The van der Waals surface area contributed by atoms with Crippen molar-refractivity contribution in [3.8, 4) is 0 Å². The Kier molecular flexibility index (Phi) is 11.1. The quantitative estimate of drug-likeness (QED) is 0.218. The highest BCUT2D eigenvalue weighted by molar-refractivity contribution is 5.96. The van der Waals surface area contributed by atoms with Gasteiger partial charge in [-0.05, 0) is 11.1 Å². The Morgan fingerprint density at radius 1 is 0.811 bits per heavy atom. The van der Waals surface area contributed by atoms with Gasteiger partial charge in [-0.1, -0.05) is 67.6 Å². The molecule has 2 rings (SSSR count). The average molecular weight is 515 g/mol. The number of nitrogens with one attached hydrogen (secondary N) is 2. The Morgan fingerprint density at radius 2 is 1.32 bits per heavy atom. The van der Waals surface area contributed by atoms with Crippen LogP contribution in [0, 0.1) is 11.8 Å². The number of hydrogen-bond donors (Lipinski definition) is 3. The highest BCUT2D eigenvalue weighted by Crippen LogP contribution is 2.20. The maximum Gasteiger partial charge on any atom is 0.408 e. The summed E-state index contributed by atoms with van der Waals surface area (Å²) in [6.45, 7) is 1.26. The van der Waals surface area contributed by atoms with E-state index in [0.29, 0.717) is 5.56 Å². The summed E-state index contributed by atoms with van der Waals surface area (Å²) in [5.41, 5.74) is 1.42. The molecule has 0 spiro atoms. The molecule has 0 aliphatic heterocycles. The van der Waals surface area contributed by atoms with Gasteiger partial charge in [0, 0.05) is 12.3 Å². The summed E-state index contributed by atoms with van der Waals surface area (Å²) < 4.78 is 14.4. The first-order valence-corrected chi connectivity index (χ1v) is 11.4. The minimum absolute atomic E-state index is 0.0191. The van der Waals surface area contributed by atoms with Crippen LogP contribution in [-0.4, -0.2) is 61.3 Å². The van der Waals surface area contributed by atoms with Gasteiger partial charge in [0.2, 0.25) is 5.91 Å². The highest BCUT2D eigenvalue weighted by atomic mass is 16.6. The zero-order valence-corrected chi connectivity index (χ0v) is 20.7. The first-order valence-electron chi connectivity index (χ1n) is 11.4. The lowest BCUT2D eigenvalue weighted by molar-refractivity contribution is -0.163. The van der Waals surface area contributed by atoms with Gasteiger partial charge in [0.05, 0.1) is 14.2 Å². The fourth-order valence-corrected chi connectivity index (χ4v) is 3.61. The number of esters is 2. The molecule has 0 aromatic heterocycles. The number of benzene rings is 2. The largest absolute Gasteiger partial charge is 0.480 e. The Bertz CT molecular complexity index is 1060. The van der Waals surface area contributed by atoms with E-state index >= 15 is 0 Å². The number of carboxylic acid groups (broad SMARTS) is 1. The maximum atomic E-state index is 13.2. The van der Waals surface area contributed by atoms with Crippen molar-refractivity contribution in [1.29, 1.82) is 0 Å². The second kappa shape index (κ2) is 14.2. The van der Waals surface area contributed by atoms with Gasteiger partial charge in [0.15, 0.2) is 5.92 Å². The smallest absolute Gasteiger partial charge is 0.408 e. The zero-order valence-electron chi connectivity index (χ0n) is 20.7. The Balaban J connectivity index is 2.22. The molecule has 2 aromatic rings. The molecule has 0 saturated heterocycles. The number of rotatable bonds is 12. The lowest BCUT2D eigenvalue weighted by Crippen LogP contribution is -2.56. The topological polar surface area (TPSA) is 157 Å². The van der Waals surface area contributed by atoms with Crippen LogP contribution in [0.3, 0.4) is 0 Å². The maximum absolute atomic E-state index is 13.2. The SMILES string of the molecule is COC(=O)C(C(=O)OC)[C@@H](C)[C@@H](NC(=O)[C@@H](Cc1ccccc1)NC(=O)OCc1ccccc1)C(=O)O. The number of methoxy groups -OCH3 is 2. The van der Waals surface area contributed by atoms with E-state index in [9.17, 15) is 29.1 Å². The van der Waals surface area contributed by atoms with Crippen LogP contribution in [0.15, 0.2) is 60.7 Å². The van der Waals surface area contributed by atoms with E-state index in [2.05, 4.69) is 20.1 Å².